The molecule has 0 bridgehead atoms. The van der Waals surface area contributed by atoms with Crippen LogP contribution in [-0.4, -0.2) is 100 Å². The summed E-state index contributed by atoms with van der Waals surface area (Å²) in [7, 11) is 3.24. The third-order valence-electron chi connectivity index (χ3n) is 9.47. The van der Waals surface area contributed by atoms with Crippen LogP contribution in [0.1, 0.15) is 65.0 Å². The lowest BCUT2D eigenvalue weighted by Gasteiger charge is -2.38. The molecular weight excluding hydrogens is 668 g/mol. The van der Waals surface area contributed by atoms with Crippen molar-refractivity contribution in [3.63, 3.8) is 0 Å². The van der Waals surface area contributed by atoms with E-state index in [4.69, 9.17) is 4.74 Å². The highest BCUT2D eigenvalue weighted by atomic mass is 16.6. The van der Waals surface area contributed by atoms with Crippen molar-refractivity contribution in [3.8, 4) is 11.1 Å². The largest absolute Gasteiger partial charge is 0.444 e. The van der Waals surface area contributed by atoms with E-state index in [0.29, 0.717) is 38.8 Å². The number of nitrogens with one attached hydrogen (secondary N) is 1. The van der Waals surface area contributed by atoms with Gasteiger partial charge < -0.3 is 29.9 Å². The van der Waals surface area contributed by atoms with Crippen LogP contribution in [0.25, 0.3) is 11.1 Å². The van der Waals surface area contributed by atoms with E-state index in [1.165, 1.54) is 15.9 Å². The number of rotatable bonds is 13. The smallest absolute Gasteiger partial charge is 0.408 e. The van der Waals surface area contributed by atoms with Gasteiger partial charge in [-0.3, -0.25) is 14.4 Å². The van der Waals surface area contributed by atoms with Crippen LogP contribution in [0, 0.1) is 0 Å². The third-order valence-corrected chi connectivity index (χ3v) is 9.47. The molecule has 10 nitrogen and oxygen atoms in total. The minimum atomic E-state index is -0.929. The van der Waals surface area contributed by atoms with Crippen LogP contribution in [-0.2, 0) is 32.0 Å². The fourth-order valence-electron chi connectivity index (χ4n) is 6.35. The van der Waals surface area contributed by atoms with Gasteiger partial charge in [0, 0.05) is 45.6 Å². The van der Waals surface area contributed by atoms with Gasteiger partial charge in [0.15, 0.2) is 0 Å². The molecule has 3 aromatic rings. The fourth-order valence-corrected chi connectivity index (χ4v) is 6.35. The number of carbonyl (C=O) groups excluding carboxylic acids is 4. The zero-order chi connectivity index (χ0) is 38.8. The van der Waals surface area contributed by atoms with Gasteiger partial charge in [-0.2, -0.15) is 0 Å². The highest BCUT2D eigenvalue weighted by Gasteiger charge is 2.37. The second-order valence-corrected chi connectivity index (χ2v) is 15.6. The summed E-state index contributed by atoms with van der Waals surface area (Å²) in [5.41, 5.74) is 2.52. The lowest BCUT2D eigenvalue weighted by Crippen LogP contribution is -2.57. The highest BCUT2D eigenvalue weighted by molar-refractivity contribution is 5.95. The number of ether oxygens (including phenoxy) is 1. The molecule has 1 aliphatic rings. The lowest BCUT2D eigenvalue weighted by atomic mass is 9.97. The number of piperidine rings is 1. The number of alkyl carbamates (subject to hydrolysis) is 1. The maximum Gasteiger partial charge on any atom is 0.408 e. The SMILES string of the molecule is CN(C(=O)/C=C/CC(C)(C)NC(=O)OC(C)(C)C)[C@H](Cc1ccc(-c2ccccc2)cc1)C(=O)N(C)[C@H](Cc1ccccc1)C(=O)N1CCC(O)CC1. The third kappa shape index (κ3) is 12.3. The van der Waals surface area contributed by atoms with E-state index in [2.05, 4.69) is 5.32 Å². The van der Waals surface area contributed by atoms with Crippen molar-refractivity contribution in [1.29, 1.82) is 0 Å². The van der Waals surface area contributed by atoms with Crippen molar-refractivity contribution >= 4 is 23.8 Å². The molecule has 0 spiro atoms. The maximum atomic E-state index is 14.7. The molecule has 1 fully saturated rings. The molecule has 4 rings (SSSR count). The molecule has 0 saturated carbocycles. The van der Waals surface area contributed by atoms with Crippen molar-refractivity contribution in [2.75, 3.05) is 27.2 Å². The number of aliphatic hydroxyl groups excluding tert-OH is 1. The Morgan fingerprint density at radius 3 is 1.91 bits per heavy atom. The molecule has 2 atom stereocenters. The highest BCUT2D eigenvalue weighted by Crippen LogP contribution is 2.23. The quantitative estimate of drug-likeness (QED) is 0.208. The minimum Gasteiger partial charge on any atom is -0.444 e. The predicted octanol–water partition coefficient (Wildman–Crippen LogP) is 6.03. The number of amides is 4. The second kappa shape index (κ2) is 18.2. The van der Waals surface area contributed by atoms with Crippen LogP contribution < -0.4 is 5.32 Å². The molecule has 1 heterocycles. The Balaban J connectivity index is 1.60. The summed E-state index contributed by atoms with van der Waals surface area (Å²) < 4.78 is 5.40. The standard InChI is InChI=1S/C43H56N4O6/c1-42(2,3)53-41(52)44-43(4,5)26-14-19-38(49)45(6)36(30-32-20-22-34(23-21-32)33-17-12-9-13-18-33)39(50)46(7)37(29-31-15-10-8-11-16-31)40(51)47-27-24-35(48)25-28-47/h8-23,35-37,48H,24-30H2,1-7H3,(H,44,52)/b19-14+/t36-,37-/m1/s1. The van der Waals surface area contributed by atoms with Crippen molar-refractivity contribution in [2.24, 2.45) is 0 Å². The number of hydrogen-bond donors (Lipinski definition) is 2. The van der Waals surface area contributed by atoms with Gasteiger partial charge in [0.05, 0.1) is 6.10 Å². The van der Waals surface area contributed by atoms with Crippen LogP contribution in [0.3, 0.4) is 0 Å². The number of hydrogen-bond acceptors (Lipinski definition) is 6. The zero-order valence-corrected chi connectivity index (χ0v) is 32.2. The number of aliphatic hydroxyl groups is 1. The summed E-state index contributed by atoms with van der Waals surface area (Å²) in [6, 6.07) is 25.8. The first-order valence-corrected chi connectivity index (χ1v) is 18.4. The maximum absolute atomic E-state index is 14.7. The summed E-state index contributed by atoms with van der Waals surface area (Å²) in [4.78, 5) is 59.6. The molecule has 1 saturated heterocycles. The van der Waals surface area contributed by atoms with Crippen LogP contribution in [0.2, 0.25) is 0 Å². The molecule has 4 amide bonds. The molecule has 1 aliphatic heterocycles. The Labute approximate surface area is 314 Å². The van der Waals surface area contributed by atoms with Crippen LogP contribution in [0.4, 0.5) is 4.79 Å². The molecule has 10 heteroatoms. The molecule has 2 N–H and O–H groups in total. The number of nitrogens with zero attached hydrogens (tertiary/aromatic N) is 3. The van der Waals surface area contributed by atoms with Crippen molar-refractivity contribution in [3.05, 3.63) is 108 Å². The molecular formula is C43H56N4O6. The Morgan fingerprint density at radius 2 is 1.32 bits per heavy atom. The molecule has 3 aromatic carbocycles. The zero-order valence-electron chi connectivity index (χ0n) is 32.2. The van der Waals surface area contributed by atoms with E-state index in [1.54, 1.807) is 45.8 Å². The summed E-state index contributed by atoms with van der Waals surface area (Å²) in [5, 5.41) is 12.9. The number of benzene rings is 3. The van der Waals surface area contributed by atoms with E-state index in [-0.39, 0.29) is 24.1 Å². The normalized spacial score (nSPS) is 15.1. The summed E-state index contributed by atoms with van der Waals surface area (Å²) in [5.74, 6) is -0.933. The summed E-state index contributed by atoms with van der Waals surface area (Å²) in [6.45, 7) is 9.86. The molecule has 0 aliphatic carbocycles. The molecule has 284 valence electrons. The Bertz CT molecular complexity index is 1690. The Hall–Kier alpha value is -4.96. The first kappa shape index (κ1) is 40.8. The molecule has 53 heavy (non-hydrogen) atoms. The Morgan fingerprint density at radius 1 is 0.792 bits per heavy atom. The first-order valence-electron chi connectivity index (χ1n) is 18.4. The molecule has 0 radical (unpaired) electrons. The average molecular weight is 725 g/mol. The Kier molecular flexibility index (Phi) is 14.0. The van der Waals surface area contributed by atoms with Crippen LogP contribution >= 0.6 is 0 Å². The fraction of sp³-hybridized carbons (Fsp3) is 0.442. The minimum absolute atomic E-state index is 0.184. The van der Waals surface area contributed by atoms with Gasteiger partial charge in [-0.1, -0.05) is 91.0 Å². The van der Waals surface area contributed by atoms with Crippen LogP contribution in [0.5, 0.6) is 0 Å². The van der Waals surface area contributed by atoms with Gasteiger partial charge in [0.25, 0.3) is 0 Å². The van der Waals surface area contributed by atoms with E-state index >= 15 is 0 Å². The van der Waals surface area contributed by atoms with E-state index in [1.807, 2.05) is 98.8 Å². The van der Waals surface area contributed by atoms with Crippen molar-refractivity contribution < 1.29 is 29.0 Å². The van der Waals surface area contributed by atoms with Gasteiger partial charge in [-0.15, -0.1) is 0 Å². The van der Waals surface area contributed by atoms with Crippen molar-refractivity contribution in [2.45, 2.75) is 96.1 Å². The van der Waals surface area contributed by atoms with E-state index < -0.39 is 35.4 Å². The van der Waals surface area contributed by atoms with E-state index in [9.17, 15) is 24.3 Å². The van der Waals surface area contributed by atoms with Gasteiger partial charge in [0.2, 0.25) is 17.7 Å². The van der Waals surface area contributed by atoms with E-state index in [0.717, 1.165) is 22.3 Å². The molecule has 0 aromatic heterocycles. The van der Waals surface area contributed by atoms with Gasteiger partial charge in [-0.05, 0) is 82.2 Å². The summed E-state index contributed by atoms with van der Waals surface area (Å²) in [6.07, 6.45) is 3.93. The topological polar surface area (TPSA) is 119 Å². The molecule has 0 unspecified atom stereocenters. The second-order valence-electron chi connectivity index (χ2n) is 15.6. The lowest BCUT2D eigenvalue weighted by molar-refractivity contribution is -0.150. The number of carbonyl (C=O) groups is 4. The van der Waals surface area contributed by atoms with Crippen molar-refractivity contribution in [1.82, 2.24) is 20.0 Å². The van der Waals surface area contributed by atoms with Gasteiger partial charge in [-0.25, -0.2) is 4.79 Å². The van der Waals surface area contributed by atoms with Gasteiger partial charge >= 0.3 is 6.09 Å². The van der Waals surface area contributed by atoms with Gasteiger partial charge in [0.1, 0.15) is 17.7 Å². The average Bonchev–Trinajstić information content (AvgIpc) is 3.12. The predicted molar refractivity (Wildman–Crippen MR) is 208 cm³/mol. The monoisotopic (exact) mass is 724 g/mol. The van der Waals surface area contributed by atoms with Crippen LogP contribution in [0.15, 0.2) is 97.1 Å². The number of likely N-dealkylation sites (tertiary alicyclic amines) is 1. The summed E-state index contributed by atoms with van der Waals surface area (Å²) >= 11 is 0. The number of likely N-dealkylation sites (N-methyl/N-ethyl adjacent to an activating group) is 2. The first-order chi connectivity index (χ1) is 25.0.